The van der Waals surface area contributed by atoms with Gasteiger partial charge >= 0.3 is 0 Å². The molecular formula is C39H33N5O3S. The van der Waals surface area contributed by atoms with Crippen molar-refractivity contribution in [3.8, 4) is 11.1 Å². The fourth-order valence-corrected chi connectivity index (χ4v) is 8.11. The summed E-state index contributed by atoms with van der Waals surface area (Å²) in [6, 6.07) is 41.5. The molecule has 0 amide bonds. The molecule has 0 unspecified atom stereocenters. The van der Waals surface area contributed by atoms with E-state index in [2.05, 4.69) is 41.3 Å². The lowest BCUT2D eigenvalue weighted by molar-refractivity contribution is 0.122. The summed E-state index contributed by atoms with van der Waals surface area (Å²) in [5.74, 6) is 0. The van der Waals surface area contributed by atoms with Gasteiger partial charge in [0.2, 0.25) is 0 Å². The van der Waals surface area contributed by atoms with Crippen molar-refractivity contribution >= 4 is 26.7 Å². The van der Waals surface area contributed by atoms with Gasteiger partial charge in [-0.1, -0.05) is 109 Å². The van der Waals surface area contributed by atoms with E-state index in [1.165, 1.54) is 3.97 Å². The molecular weight excluding hydrogens is 619 g/mol. The van der Waals surface area contributed by atoms with E-state index in [1.54, 1.807) is 42.7 Å². The van der Waals surface area contributed by atoms with Gasteiger partial charge in [-0.3, -0.25) is 4.68 Å². The summed E-state index contributed by atoms with van der Waals surface area (Å²) in [4.78, 5) is 7.18. The zero-order valence-corrected chi connectivity index (χ0v) is 26.9. The predicted molar refractivity (Wildman–Crippen MR) is 188 cm³/mol. The van der Waals surface area contributed by atoms with Crippen molar-refractivity contribution in [2.24, 2.45) is 0 Å². The number of anilines is 1. The number of aromatic nitrogens is 4. The average Bonchev–Trinajstić information content (AvgIpc) is 3.80. The van der Waals surface area contributed by atoms with Crippen LogP contribution in [0.15, 0.2) is 157 Å². The first-order valence-corrected chi connectivity index (χ1v) is 17.4. The largest absolute Gasteiger partial charge is 0.378 e. The number of ether oxygens (including phenoxy) is 1. The Bertz CT molecular complexity index is 2190. The molecule has 0 atom stereocenters. The fourth-order valence-electron chi connectivity index (χ4n) is 6.76. The second kappa shape index (κ2) is 12.3. The lowest BCUT2D eigenvalue weighted by atomic mass is 9.77. The van der Waals surface area contributed by atoms with Crippen LogP contribution in [0.5, 0.6) is 0 Å². The van der Waals surface area contributed by atoms with E-state index in [4.69, 9.17) is 14.8 Å². The van der Waals surface area contributed by atoms with E-state index in [9.17, 15) is 8.42 Å². The van der Waals surface area contributed by atoms with Crippen LogP contribution in [-0.4, -0.2) is 53.5 Å². The Hall–Kier alpha value is -5.51. The summed E-state index contributed by atoms with van der Waals surface area (Å²) in [6.45, 7) is 2.72. The molecule has 9 heteroatoms. The van der Waals surface area contributed by atoms with Crippen molar-refractivity contribution in [1.29, 1.82) is 0 Å². The third-order valence-corrected chi connectivity index (χ3v) is 10.7. The highest BCUT2D eigenvalue weighted by Gasteiger charge is 2.39. The van der Waals surface area contributed by atoms with Crippen LogP contribution >= 0.6 is 0 Å². The minimum Gasteiger partial charge on any atom is -0.378 e. The van der Waals surface area contributed by atoms with E-state index in [0.717, 1.165) is 52.0 Å². The van der Waals surface area contributed by atoms with Gasteiger partial charge in [0, 0.05) is 42.0 Å². The van der Waals surface area contributed by atoms with Crippen molar-refractivity contribution in [1.82, 2.24) is 18.7 Å². The number of pyridine rings is 1. The first kappa shape index (κ1) is 29.9. The van der Waals surface area contributed by atoms with Crippen LogP contribution in [0, 0.1) is 0 Å². The summed E-state index contributed by atoms with van der Waals surface area (Å²) in [6.07, 6.45) is 7.27. The number of nitrogens with zero attached hydrogens (tertiary/aromatic N) is 5. The first-order chi connectivity index (χ1) is 23.6. The molecule has 48 heavy (non-hydrogen) atoms. The molecule has 8 nitrogen and oxygen atoms in total. The van der Waals surface area contributed by atoms with E-state index in [-0.39, 0.29) is 4.90 Å². The Morgan fingerprint density at radius 1 is 0.667 bits per heavy atom. The van der Waals surface area contributed by atoms with Crippen LogP contribution in [0.3, 0.4) is 0 Å². The highest BCUT2D eigenvalue weighted by molar-refractivity contribution is 7.90. The molecule has 1 aliphatic heterocycles. The van der Waals surface area contributed by atoms with Crippen LogP contribution in [-0.2, 0) is 20.3 Å². The van der Waals surface area contributed by atoms with E-state index in [0.29, 0.717) is 18.9 Å². The molecule has 0 aliphatic carbocycles. The van der Waals surface area contributed by atoms with E-state index >= 15 is 0 Å². The van der Waals surface area contributed by atoms with Gasteiger partial charge in [0.15, 0.2) is 5.65 Å². The van der Waals surface area contributed by atoms with Crippen molar-refractivity contribution in [3.05, 3.63) is 169 Å². The SMILES string of the molecule is O=S(=O)(c1ccccc1)n1cc(-c2cnn(C(c3ccccc3)(c3ccccc3)c3ccccc3)c2)c2cc(N3CCOCC3)cnc21. The second-order valence-electron chi connectivity index (χ2n) is 11.8. The van der Waals surface area contributed by atoms with Crippen LogP contribution in [0.1, 0.15) is 16.7 Å². The minimum atomic E-state index is -3.95. The molecule has 1 fully saturated rings. The molecule has 7 aromatic rings. The van der Waals surface area contributed by atoms with E-state index in [1.807, 2.05) is 77.7 Å². The summed E-state index contributed by atoms with van der Waals surface area (Å²) in [5.41, 5.74) is 5.10. The highest BCUT2D eigenvalue weighted by Crippen LogP contribution is 2.42. The zero-order chi connectivity index (χ0) is 32.6. The fraction of sp³-hybridized carbons (Fsp3) is 0.128. The van der Waals surface area contributed by atoms with Gasteiger partial charge in [0.25, 0.3) is 10.0 Å². The Morgan fingerprint density at radius 2 is 1.21 bits per heavy atom. The maximum absolute atomic E-state index is 14.1. The maximum Gasteiger partial charge on any atom is 0.269 e. The van der Waals surface area contributed by atoms with Crippen LogP contribution < -0.4 is 4.90 Å². The number of hydrogen-bond acceptors (Lipinski definition) is 6. The molecule has 0 N–H and O–H groups in total. The Morgan fingerprint density at radius 3 is 1.77 bits per heavy atom. The number of rotatable bonds is 8. The third kappa shape index (κ3) is 4.99. The third-order valence-electron chi connectivity index (χ3n) is 9.09. The zero-order valence-electron chi connectivity index (χ0n) is 26.1. The number of hydrogen-bond donors (Lipinski definition) is 0. The van der Waals surface area contributed by atoms with Gasteiger partial charge < -0.3 is 9.64 Å². The molecule has 238 valence electrons. The van der Waals surface area contributed by atoms with Gasteiger partial charge in [-0.2, -0.15) is 5.10 Å². The monoisotopic (exact) mass is 651 g/mol. The van der Waals surface area contributed by atoms with Gasteiger partial charge in [-0.25, -0.2) is 17.4 Å². The highest BCUT2D eigenvalue weighted by atomic mass is 32.2. The molecule has 0 spiro atoms. The number of morpholine rings is 1. The van der Waals surface area contributed by atoms with E-state index < -0.39 is 15.6 Å². The standard InChI is InChI=1S/C39H33N5O3S/c45-48(46,35-19-11-4-12-20-35)43-29-37(36-25-34(27-40-38(36)43)42-21-23-47-24-22-42)30-26-41-44(28-30)39(31-13-5-1-6-14-31,32-15-7-2-8-16-32)33-17-9-3-10-18-33/h1-20,25-29H,21-24H2. The Labute approximate surface area is 279 Å². The molecule has 4 heterocycles. The van der Waals surface area contributed by atoms with Gasteiger partial charge in [0.05, 0.1) is 36.2 Å². The quantitative estimate of drug-likeness (QED) is 0.168. The molecule has 0 bridgehead atoms. The molecule has 0 radical (unpaired) electrons. The lowest BCUT2D eigenvalue weighted by Crippen LogP contribution is -2.38. The predicted octanol–water partition coefficient (Wildman–Crippen LogP) is 6.81. The lowest BCUT2D eigenvalue weighted by Gasteiger charge is -2.36. The minimum absolute atomic E-state index is 0.194. The topological polar surface area (TPSA) is 82.2 Å². The normalized spacial score (nSPS) is 14.0. The maximum atomic E-state index is 14.1. The van der Waals surface area contributed by atoms with Crippen molar-refractivity contribution in [2.75, 3.05) is 31.2 Å². The van der Waals surface area contributed by atoms with Crippen LogP contribution in [0.25, 0.3) is 22.2 Å². The summed E-state index contributed by atoms with van der Waals surface area (Å²) < 4.78 is 37.0. The molecule has 8 rings (SSSR count). The average molecular weight is 652 g/mol. The molecule has 1 saturated heterocycles. The summed E-state index contributed by atoms with van der Waals surface area (Å²) in [7, 11) is -3.95. The molecule has 0 saturated carbocycles. The van der Waals surface area contributed by atoms with Gasteiger partial charge in [-0.15, -0.1) is 0 Å². The van der Waals surface area contributed by atoms with Crippen LogP contribution in [0.2, 0.25) is 0 Å². The smallest absolute Gasteiger partial charge is 0.269 e. The number of fused-ring (bicyclic) bond motifs is 1. The summed E-state index contributed by atoms with van der Waals surface area (Å²) >= 11 is 0. The van der Waals surface area contributed by atoms with Gasteiger partial charge in [0.1, 0.15) is 5.54 Å². The first-order valence-electron chi connectivity index (χ1n) is 15.9. The second-order valence-corrected chi connectivity index (χ2v) is 13.6. The van der Waals surface area contributed by atoms with Gasteiger partial charge in [-0.05, 0) is 34.9 Å². The number of benzene rings is 4. The molecule has 3 aromatic heterocycles. The van der Waals surface area contributed by atoms with Crippen molar-refractivity contribution in [3.63, 3.8) is 0 Å². The van der Waals surface area contributed by atoms with Crippen LogP contribution in [0.4, 0.5) is 5.69 Å². The molecule has 1 aliphatic rings. The summed E-state index contributed by atoms with van der Waals surface area (Å²) in [5, 5.41) is 5.78. The Balaban J connectivity index is 1.36. The van der Waals surface area contributed by atoms with Crippen molar-refractivity contribution < 1.29 is 13.2 Å². The molecule has 4 aromatic carbocycles. The van der Waals surface area contributed by atoms with Crippen molar-refractivity contribution in [2.45, 2.75) is 10.4 Å². The Kier molecular flexibility index (Phi) is 7.63.